The predicted molar refractivity (Wildman–Crippen MR) is 65.3 cm³/mol. The van der Waals surface area contributed by atoms with Crippen molar-refractivity contribution in [2.75, 3.05) is 26.1 Å². The third-order valence-electron chi connectivity index (χ3n) is 3.08. The number of nitrogen functional groups attached to an aromatic ring is 1. The number of nitrogens with two attached hydrogens (primary N) is 1. The minimum Gasteiger partial charge on any atom is -0.495 e. The molecule has 4 nitrogen and oxygen atoms in total. The highest BCUT2D eigenvalue weighted by Crippen LogP contribution is 2.28. The van der Waals surface area contributed by atoms with E-state index in [4.69, 9.17) is 15.2 Å². The molecule has 0 saturated carbocycles. The highest BCUT2D eigenvalue weighted by Gasteiger charge is 2.25. The molecule has 0 aromatic heterocycles. The Balaban J connectivity index is 2.23. The Morgan fingerprint density at radius 3 is 3.00 bits per heavy atom. The summed E-state index contributed by atoms with van der Waals surface area (Å²) < 4.78 is 10.4. The zero-order valence-corrected chi connectivity index (χ0v) is 9.94. The van der Waals surface area contributed by atoms with Crippen molar-refractivity contribution < 1.29 is 14.3 Å². The van der Waals surface area contributed by atoms with Crippen LogP contribution in [0.25, 0.3) is 0 Å². The molecule has 1 unspecified atom stereocenters. The largest absolute Gasteiger partial charge is 0.495 e. The number of Topliss-reactive ketones (excluding diaryl/α,β-unsaturated/α-hetero) is 1. The normalized spacial score (nSPS) is 19.9. The van der Waals surface area contributed by atoms with Gasteiger partial charge in [-0.15, -0.1) is 0 Å². The monoisotopic (exact) mass is 235 g/mol. The highest BCUT2D eigenvalue weighted by atomic mass is 16.5. The lowest BCUT2D eigenvalue weighted by Crippen LogP contribution is -2.26. The lowest BCUT2D eigenvalue weighted by atomic mass is 9.92. The van der Waals surface area contributed by atoms with Crippen molar-refractivity contribution in [2.24, 2.45) is 5.92 Å². The van der Waals surface area contributed by atoms with Gasteiger partial charge in [0.25, 0.3) is 0 Å². The van der Waals surface area contributed by atoms with Crippen LogP contribution in [0.3, 0.4) is 0 Å². The molecule has 92 valence electrons. The van der Waals surface area contributed by atoms with Crippen molar-refractivity contribution in [3.05, 3.63) is 23.8 Å². The molecule has 1 aromatic rings. The van der Waals surface area contributed by atoms with Crippen LogP contribution in [0.4, 0.5) is 5.69 Å². The van der Waals surface area contributed by atoms with Crippen molar-refractivity contribution in [1.29, 1.82) is 0 Å². The number of ether oxygens (including phenoxy) is 2. The molecule has 4 heteroatoms. The van der Waals surface area contributed by atoms with Gasteiger partial charge >= 0.3 is 0 Å². The molecule has 1 fully saturated rings. The van der Waals surface area contributed by atoms with Crippen molar-refractivity contribution in [2.45, 2.75) is 12.8 Å². The quantitative estimate of drug-likeness (QED) is 0.642. The van der Waals surface area contributed by atoms with E-state index in [1.165, 1.54) is 0 Å². The lowest BCUT2D eigenvalue weighted by molar-refractivity contribution is 0.0462. The second-order valence-corrected chi connectivity index (χ2v) is 4.20. The summed E-state index contributed by atoms with van der Waals surface area (Å²) in [4.78, 5) is 12.3. The molecular weight excluding hydrogens is 218 g/mol. The van der Waals surface area contributed by atoms with Gasteiger partial charge in [0.15, 0.2) is 5.78 Å². The zero-order valence-electron chi connectivity index (χ0n) is 9.94. The van der Waals surface area contributed by atoms with Crippen LogP contribution in [0.1, 0.15) is 23.2 Å². The topological polar surface area (TPSA) is 61.5 Å². The number of para-hydroxylation sites is 1. The van der Waals surface area contributed by atoms with Crippen LogP contribution in [0, 0.1) is 5.92 Å². The van der Waals surface area contributed by atoms with E-state index >= 15 is 0 Å². The second kappa shape index (κ2) is 5.19. The molecule has 0 radical (unpaired) electrons. The maximum absolute atomic E-state index is 12.3. The van der Waals surface area contributed by atoms with Gasteiger partial charge in [0.05, 0.1) is 19.4 Å². The summed E-state index contributed by atoms with van der Waals surface area (Å²) in [6.45, 7) is 1.24. The smallest absolute Gasteiger partial charge is 0.170 e. The first-order valence-electron chi connectivity index (χ1n) is 5.78. The second-order valence-electron chi connectivity index (χ2n) is 4.20. The Labute approximate surface area is 101 Å². The molecule has 0 bridgehead atoms. The Morgan fingerprint density at radius 2 is 2.35 bits per heavy atom. The first-order chi connectivity index (χ1) is 8.24. The Morgan fingerprint density at radius 1 is 1.53 bits per heavy atom. The number of carbonyl (C=O) groups excluding carboxylic acids is 1. The van der Waals surface area contributed by atoms with Crippen LogP contribution in [-0.2, 0) is 4.74 Å². The number of carbonyl (C=O) groups is 1. The number of methoxy groups -OCH3 is 1. The van der Waals surface area contributed by atoms with Crippen LogP contribution in [-0.4, -0.2) is 26.1 Å². The number of hydrogen-bond acceptors (Lipinski definition) is 4. The first-order valence-corrected chi connectivity index (χ1v) is 5.78. The number of anilines is 1. The molecule has 0 aliphatic carbocycles. The average molecular weight is 235 g/mol. The van der Waals surface area contributed by atoms with Gasteiger partial charge in [-0.3, -0.25) is 4.79 Å². The highest BCUT2D eigenvalue weighted by molar-refractivity contribution is 6.03. The molecule has 1 aliphatic heterocycles. The van der Waals surface area contributed by atoms with Gasteiger partial charge in [0.2, 0.25) is 0 Å². The van der Waals surface area contributed by atoms with Crippen molar-refractivity contribution in [3.63, 3.8) is 0 Å². The van der Waals surface area contributed by atoms with Gasteiger partial charge in [-0.1, -0.05) is 6.07 Å². The van der Waals surface area contributed by atoms with Crippen LogP contribution < -0.4 is 10.5 Å². The van der Waals surface area contributed by atoms with E-state index in [0.717, 1.165) is 19.4 Å². The summed E-state index contributed by atoms with van der Waals surface area (Å²) in [5.74, 6) is 0.534. The Bertz CT molecular complexity index is 411. The van der Waals surface area contributed by atoms with E-state index in [2.05, 4.69) is 0 Å². The van der Waals surface area contributed by atoms with Gasteiger partial charge in [0, 0.05) is 18.1 Å². The van der Waals surface area contributed by atoms with Crippen LogP contribution >= 0.6 is 0 Å². The molecule has 1 saturated heterocycles. The van der Waals surface area contributed by atoms with E-state index in [1.807, 2.05) is 0 Å². The van der Waals surface area contributed by atoms with E-state index in [-0.39, 0.29) is 11.7 Å². The molecule has 2 N–H and O–H groups in total. The van der Waals surface area contributed by atoms with Crippen molar-refractivity contribution >= 4 is 11.5 Å². The maximum atomic E-state index is 12.3. The third-order valence-corrected chi connectivity index (χ3v) is 3.08. The average Bonchev–Trinajstić information content (AvgIpc) is 2.39. The van der Waals surface area contributed by atoms with Crippen LogP contribution in [0.2, 0.25) is 0 Å². The number of ketones is 1. The minimum atomic E-state index is -0.0712. The summed E-state index contributed by atoms with van der Waals surface area (Å²) in [6, 6.07) is 5.28. The number of rotatable bonds is 3. The van der Waals surface area contributed by atoms with Gasteiger partial charge in [-0.2, -0.15) is 0 Å². The molecule has 1 atom stereocenters. The molecular formula is C13H17NO3. The zero-order chi connectivity index (χ0) is 12.3. The molecule has 1 heterocycles. The van der Waals surface area contributed by atoms with Crippen LogP contribution in [0.5, 0.6) is 5.75 Å². The Hall–Kier alpha value is -1.55. The van der Waals surface area contributed by atoms with Gasteiger partial charge in [-0.05, 0) is 25.0 Å². The third kappa shape index (κ3) is 2.42. The molecule has 0 spiro atoms. The summed E-state index contributed by atoms with van der Waals surface area (Å²) in [5.41, 5.74) is 6.88. The van der Waals surface area contributed by atoms with Gasteiger partial charge in [0.1, 0.15) is 5.75 Å². The van der Waals surface area contributed by atoms with E-state index < -0.39 is 0 Å². The fraction of sp³-hybridized carbons (Fsp3) is 0.462. The summed E-state index contributed by atoms with van der Waals surface area (Å²) in [7, 11) is 1.55. The molecule has 1 aromatic carbocycles. The van der Waals surface area contributed by atoms with Crippen LogP contribution in [0.15, 0.2) is 18.2 Å². The number of benzene rings is 1. The fourth-order valence-electron chi connectivity index (χ4n) is 2.10. The van der Waals surface area contributed by atoms with Crippen molar-refractivity contribution in [3.8, 4) is 5.75 Å². The SMILES string of the molecule is COc1cccc(C(=O)C2CCCOC2)c1N. The standard InChI is InChI=1S/C13H17NO3/c1-16-11-6-2-5-10(12(11)14)13(15)9-4-3-7-17-8-9/h2,5-6,9H,3-4,7-8,14H2,1H3. The number of hydrogen-bond donors (Lipinski definition) is 1. The summed E-state index contributed by atoms with van der Waals surface area (Å²) in [5, 5.41) is 0. The molecule has 0 amide bonds. The van der Waals surface area contributed by atoms with Gasteiger partial charge in [-0.25, -0.2) is 0 Å². The van der Waals surface area contributed by atoms with Crippen molar-refractivity contribution in [1.82, 2.24) is 0 Å². The Kier molecular flexibility index (Phi) is 3.64. The summed E-state index contributed by atoms with van der Waals surface area (Å²) >= 11 is 0. The minimum absolute atomic E-state index is 0.0566. The van der Waals surface area contributed by atoms with E-state index in [0.29, 0.717) is 23.6 Å². The molecule has 17 heavy (non-hydrogen) atoms. The first kappa shape index (κ1) is 11.9. The fourth-order valence-corrected chi connectivity index (χ4v) is 2.10. The maximum Gasteiger partial charge on any atom is 0.170 e. The molecule has 1 aliphatic rings. The van der Waals surface area contributed by atoms with E-state index in [9.17, 15) is 4.79 Å². The van der Waals surface area contributed by atoms with Gasteiger partial charge < -0.3 is 15.2 Å². The summed E-state index contributed by atoms with van der Waals surface area (Å²) in [6.07, 6.45) is 1.80. The molecule has 2 rings (SSSR count). The predicted octanol–water partition coefficient (Wildman–Crippen LogP) is 1.89. The lowest BCUT2D eigenvalue weighted by Gasteiger charge is -2.21. The van der Waals surface area contributed by atoms with E-state index in [1.54, 1.807) is 25.3 Å².